The van der Waals surface area contributed by atoms with Crippen molar-refractivity contribution in [1.29, 1.82) is 0 Å². The van der Waals surface area contributed by atoms with Crippen LogP contribution in [0.4, 0.5) is 5.69 Å². The first kappa shape index (κ1) is 15.3. The Morgan fingerprint density at radius 1 is 1.14 bits per heavy atom. The van der Waals surface area contributed by atoms with Gasteiger partial charge in [-0.1, -0.05) is 42.0 Å². The second kappa shape index (κ2) is 6.66. The first-order valence-electron chi connectivity index (χ1n) is 6.72. The SMILES string of the molecule is Cc1ccc(/C=C2/SC(=Nc3ccccc3I)NC2=O)cc1. The molecule has 5 heteroatoms. The van der Waals surface area contributed by atoms with Gasteiger partial charge in [-0.15, -0.1) is 0 Å². The molecule has 3 nitrogen and oxygen atoms in total. The molecule has 3 rings (SSSR count). The number of halogens is 1. The van der Waals surface area contributed by atoms with Crippen molar-refractivity contribution in [1.82, 2.24) is 5.32 Å². The molecule has 0 bridgehead atoms. The Bertz CT molecular complexity index is 782. The summed E-state index contributed by atoms with van der Waals surface area (Å²) in [7, 11) is 0. The number of amides is 1. The Balaban J connectivity index is 1.84. The van der Waals surface area contributed by atoms with Gasteiger partial charge in [0.05, 0.1) is 10.6 Å². The van der Waals surface area contributed by atoms with Gasteiger partial charge in [-0.2, -0.15) is 0 Å². The van der Waals surface area contributed by atoms with E-state index in [-0.39, 0.29) is 5.91 Å². The Kier molecular flexibility index (Phi) is 4.63. The summed E-state index contributed by atoms with van der Waals surface area (Å²) >= 11 is 3.60. The van der Waals surface area contributed by atoms with Crippen molar-refractivity contribution in [3.05, 3.63) is 68.1 Å². The van der Waals surface area contributed by atoms with E-state index in [0.717, 1.165) is 14.8 Å². The number of nitrogens with zero attached hydrogens (tertiary/aromatic N) is 1. The number of amidine groups is 1. The standard InChI is InChI=1S/C17H13IN2OS/c1-11-6-8-12(9-7-11)10-15-16(21)20-17(22-15)19-14-5-3-2-4-13(14)18/h2-10H,1H3,(H,19,20,21)/b15-10+. The van der Waals surface area contributed by atoms with Gasteiger partial charge in [0.15, 0.2) is 5.17 Å². The molecule has 2 aromatic carbocycles. The fraction of sp³-hybridized carbons (Fsp3) is 0.0588. The van der Waals surface area contributed by atoms with Crippen LogP contribution in [0, 0.1) is 10.5 Å². The van der Waals surface area contributed by atoms with Crippen LogP contribution in [0.1, 0.15) is 11.1 Å². The number of rotatable bonds is 2. The number of hydrogen-bond donors (Lipinski definition) is 1. The normalized spacial score (nSPS) is 18.0. The van der Waals surface area contributed by atoms with Crippen molar-refractivity contribution in [2.75, 3.05) is 0 Å². The van der Waals surface area contributed by atoms with Gasteiger partial charge in [-0.25, -0.2) is 4.99 Å². The Labute approximate surface area is 147 Å². The summed E-state index contributed by atoms with van der Waals surface area (Å²) in [6.45, 7) is 2.04. The van der Waals surface area contributed by atoms with Crippen LogP contribution in [0.15, 0.2) is 58.4 Å². The molecule has 0 saturated carbocycles. The molecule has 0 unspecified atom stereocenters. The fourth-order valence-electron chi connectivity index (χ4n) is 1.95. The molecule has 1 aliphatic heterocycles. The summed E-state index contributed by atoms with van der Waals surface area (Å²) in [6.07, 6.45) is 1.89. The minimum atomic E-state index is -0.102. The lowest BCUT2D eigenvalue weighted by Gasteiger charge is -1.98. The fourth-order valence-corrected chi connectivity index (χ4v) is 3.29. The van der Waals surface area contributed by atoms with Crippen LogP contribution in [0.2, 0.25) is 0 Å². The third kappa shape index (κ3) is 3.59. The predicted molar refractivity (Wildman–Crippen MR) is 101 cm³/mol. The van der Waals surface area contributed by atoms with E-state index in [1.165, 1.54) is 17.3 Å². The number of benzene rings is 2. The van der Waals surface area contributed by atoms with E-state index in [9.17, 15) is 4.79 Å². The molecule has 0 aromatic heterocycles. The maximum Gasteiger partial charge on any atom is 0.264 e. The minimum absolute atomic E-state index is 0.102. The zero-order valence-electron chi connectivity index (χ0n) is 11.8. The summed E-state index contributed by atoms with van der Waals surface area (Å²) in [5, 5.41) is 3.43. The highest BCUT2D eigenvalue weighted by Crippen LogP contribution is 2.29. The Morgan fingerprint density at radius 3 is 2.59 bits per heavy atom. The maximum absolute atomic E-state index is 12.0. The van der Waals surface area contributed by atoms with Gasteiger partial charge in [-0.3, -0.25) is 4.79 Å². The van der Waals surface area contributed by atoms with Gasteiger partial charge in [0.2, 0.25) is 0 Å². The van der Waals surface area contributed by atoms with Gasteiger partial charge in [-0.05, 0) is 65.0 Å². The molecule has 22 heavy (non-hydrogen) atoms. The van der Waals surface area contributed by atoms with Crippen LogP contribution in [0.3, 0.4) is 0 Å². The second-order valence-corrected chi connectivity index (χ2v) is 7.04. The van der Waals surface area contributed by atoms with Crippen molar-refractivity contribution < 1.29 is 4.79 Å². The van der Waals surface area contributed by atoms with E-state index in [1.807, 2.05) is 61.5 Å². The average molecular weight is 420 g/mol. The smallest absolute Gasteiger partial charge is 0.264 e. The van der Waals surface area contributed by atoms with Crippen LogP contribution < -0.4 is 5.32 Å². The summed E-state index contributed by atoms with van der Waals surface area (Å²) in [6, 6.07) is 15.9. The van der Waals surface area contributed by atoms with Crippen LogP contribution in [-0.4, -0.2) is 11.1 Å². The molecule has 1 heterocycles. The van der Waals surface area contributed by atoms with Crippen molar-refractivity contribution in [3.8, 4) is 0 Å². The molecule has 0 aliphatic carbocycles. The first-order chi connectivity index (χ1) is 10.6. The minimum Gasteiger partial charge on any atom is -0.300 e. The Hall–Kier alpha value is -1.60. The lowest BCUT2D eigenvalue weighted by molar-refractivity contribution is -0.115. The number of nitrogens with one attached hydrogen (secondary N) is 1. The molecular formula is C17H13IN2OS. The molecule has 1 aliphatic rings. The lowest BCUT2D eigenvalue weighted by Crippen LogP contribution is -2.19. The van der Waals surface area contributed by atoms with Crippen molar-refractivity contribution in [2.24, 2.45) is 4.99 Å². The summed E-state index contributed by atoms with van der Waals surface area (Å²) < 4.78 is 1.05. The Morgan fingerprint density at radius 2 is 1.86 bits per heavy atom. The van der Waals surface area contributed by atoms with Gasteiger partial charge in [0, 0.05) is 3.57 Å². The molecule has 110 valence electrons. The number of para-hydroxylation sites is 1. The third-order valence-electron chi connectivity index (χ3n) is 3.10. The molecule has 0 spiro atoms. The molecular weight excluding hydrogens is 407 g/mol. The number of thioether (sulfide) groups is 1. The molecule has 1 N–H and O–H groups in total. The lowest BCUT2D eigenvalue weighted by atomic mass is 10.1. The zero-order valence-corrected chi connectivity index (χ0v) is 14.8. The number of aryl methyl sites for hydroxylation is 1. The van der Waals surface area contributed by atoms with Gasteiger partial charge < -0.3 is 5.32 Å². The number of hydrogen-bond acceptors (Lipinski definition) is 3. The van der Waals surface area contributed by atoms with E-state index < -0.39 is 0 Å². The molecule has 1 fully saturated rings. The van der Waals surface area contributed by atoms with Crippen LogP contribution in [-0.2, 0) is 4.79 Å². The molecule has 0 atom stereocenters. The van der Waals surface area contributed by atoms with E-state index in [0.29, 0.717) is 10.1 Å². The van der Waals surface area contributed by atoms with E-state index >= 15 is 0 Å². The quantitative estimate of drug-likeness (QED) is 0.575. The molecule has 1 amide bonds. The predicted octanol–water partition coefficient (Wildman–Crippen LogP) is 4.49. The van der Waals surface area contributed by atoms with Crippen LogP contribution in [0.25, 0.3) is 6.08 Å². The van der Waals surface area contributed by atoms with E-state index in [1.54, 1.807) is 0 Å². The van der Waals surface area contributed by atoms with E-state index in [4.69, 9.17) is 0 Å². The van der Waals surface area contributed by atoms with Gasteiger partial charge in [0.25, 0.3) is 5.91 Å². The molecule has 0 radical (unpaired) electrons. The highest BCUT2D eigenvalue weighted by atomic mass is 127. The van der Waals surface area contributed by atoms with Crippen molar-refractivity contribution >= 4 is 57.2 Å². The number of carbonyl (C=O) groups excluding carboxylic acids is 1. The second-order valence-electron chi connectivity index (χ2n) is 4.84. The molecule has 2 aromatic rings. The number of aliphatic imine (C=N–C) groups is 1. The summed E-state index contributed by atoms with van der Waals surface area (Å²) in [4.78, 5) is 17.2. The van der Waals surface area contributed by atoms with Gasteiger partial charge >= 0.3 is 0 Å². The average Bonchev–Trinajstić information content (AvgIpc) is 2.84. The highest BCUT2D eigenvalue weighted by molar-refractivity contribution is 14.1. The largest absolute Gasteiger partial charge is 0.300 e. The summed E-state index contributed by atoms with van der Waals surface area (Å²) in [5.41, 5.74) is 3.08. The van der Waals surface area contributed by atoms with Crippen molar-refractivity contribution in [2.45, 2.75) is 6.92 Å². The number of carbonyl (C=O) groups is 1. The van der Waals surface area contributed by atoms with Gasteiger partial charge in [0.1, 0.15) is 0 Å². The highest BCUT2D eigenvalue weighted by Gasteiger charge is 2.23. The third-order valence-corrected chi connectivity index (χ3v) is 4.92. The monoisotopic (exact) mass is 420 g/mol. The van der Waals surface area contributed by atoms with E-state index in [2.05, 4.69) is 32.9 Å². The summed E-state index contributed by atoms with van der Waals surface area (Å²) in [5.74, 6) is -0.102. The zero-order chi connectivity index (χ0) is 15.5. The van der Waals surface area contributed by atoms with Crippen LogP contribution in [0.5, 0.6) is 0 Å². The molecule has 1 saturated heterocycles. The van der Waals surface area contributed by atoms with Crippen LogP contribution >= 0.6 is 34.4 Å². The maximum atomic E-state index is 12.0. The van der Waals surface area contributed by atoms with Crippen molar-refractivity contribution in [3.63, 3.8) is 0 Å². The first-order valence-corrected chi connectivity index (χ1v) is 8.62. The topological polar surface area (TPSA) is 41.5 Å².